The Balaban J connectivity index is 2.11. The van der Waals surface area contributed by atoms with Crippen LogP contribution in [0.2, 0.25) is 0 Å². The Bertz CT molecular complexity index is 1370. The number of hydrogen-bond acceptors (Lipinski definition) is 6. The summed E-state index contributed by atoms with van der Waals surface area (Å²) in [4.78, 5) is 28.7. The second-order valence-corrected chi connectivity index (χ2v) is 10.9. The van der Waals surface area contributed by atoms with Crippen LogP contribution in [-0.4, -0.2) is 58.5 Å². The van der Waals surface area contributed by atoms with Gasteiger partial charge in [-0.3, -0.25) is 13.9 Å². The molecule has 3 aromatic rings. The highest BCUT2D eigenvalue weighted by molar-refractivity contribution is 7.92. The van der Waals surface area contributed by atoms with Crippen LogP contribution in [0.15, 0.2) is 83.8 Å². The van der Waals surface area contributed by atoms with Crippen molar-refractivity contribution in [3.05, 3.63) is 84.4 Å². The van der Waals surface area contributed by atoms with Crippen LogP contribution in [-0.2, 0) is 26.2 Å². The van der Waals surface area contributed by atoms with E-state index < -0.39 is 28.5 Å². The van der Waals surface area contributed by atoms with E-state index in [2.05, 4.69) is 5.32 Å². The first-order valence-electron chi connectivity index (χ1n) is 13.2. The summed E-state index contributed by atoms with van der Waals surface area (Å²) in [6.07, 6.45) is 1.09. The number of ether oxygens (including phenoxy) is 2. The molecule has 0 spiro atoms. The number of sulfonamides is 1. The smallest absolute Gasteiger partial charge is 0.264 e. The van der Waals surface area contributed by atoms with Crippen molar-refractivity contribution in [1.82, 2.24) is 10.2 Å². The number of carbonyl (C=O) groups excluding carboxylic acids is 2. The van der Waals surface area contributed by atoms with E-state index in [0.29, 0.717) is 18.7 Å². The van der Waals surface area contributed by atoms with E-state index in [-0.39, 0.29) is 28.8 Å². The van der Waals surface area contributed by atoms with Gasteiger partial charge in [-0.25, -0.2) is 8.42 Å². The number of nitrogens with zero attached hydrogens (tertiary/aromatic N) is 2. The van der Waals surface area contributed by atoms with Crippen molar-refractivity contribution in [3.63, 3.8) is 0 Å². The Hall–Kier alpha value is -4.05. The summed E-state index contributed by atoms with van der Waals surface area (Å²) < 4.78 is 39.9. The first kappa shape index (κ1) is 30.5. The van der Waals surface area contributed by atoms with Crippen LogP contribution < -0.4 is 19.1 Å². The van der Waals surface area contributed by atoms with Crippen LogP contribution >= 0.6 is 0 Å². The van der Waals surface area contributed by atoms with Crippen molar-refractivity contribution in [2.45, 2.75) is 44.2 Å². The Labute approximate surface area is 236 Å². The summed E-state index contributed by atoms with van der Waals surface area (Å²) in [5, 5.41) is 2.88. The number of anilines is 1. The highest BCUT2D eigenvalue weighted by atomic mass is 32.2. The number of methoxy groups -OCH3 is 2. The fraction of sp³-hybridized carbons (Fsp3) is 0.333. The van der Waals surface area contributed by atoms with Gasteiger partial charge >= 0.3 is 0 Å². The third-order valence-corrected chi connectivity index (χ3v) is 8.17. The predicted molar refractivity (Wildman–Crippen MR) is 155 cm³/mol. The van der Waals surface area contributed by atoms with Crippen LogP contribution in [0.5, 0.6) is 11.5 Å². The van der Waals surface area contributed by atoms with E-state index in [1.807, 2.05) is 44.2 Å². The molecule has 0 fully saturated rings. The molecule has 0 saturated carbocycles. The average molecular weight is 568 g/mol. The third-order valence-electron chi connectivity index (χ3n) is 6.40. The molecule has 0 aromatic heterocycles. The lowest BCUT2D eigenvalue weighted by Crippen LogP contribution is -2.52. The van der Waals surface area contributed by atoms with Crippen LogP contribution in [0, 0.1) is 0 Å². The quantitative estimate of drug-likeness (QED) is 0.313. The number of nitrogens with one attached hydrogen (secondary N) is 1. The topological polar surface area (TPSA) is 105 Å². The van der Waals surface area contributed by atoms with Crippen molar-refractivity contribution < 1.29 is 27.5 Å². The zero-order valence-electron chi connectivity index (χ0n) is 23.4. The molecule has 0 heterocycles. The number of rotatable bonds is 14. The molecule has 9 nitrogen and oxygen atoms in total. The number of carbonyl (C=O) groups is 2. The third kappa shape index (κ3) is 7.32. The van der Waals surface area contributed by atoms with Crippen LogP contribution in [0.3, 0.4) is 0 Å². The van der Waals surface area contributed by atoms with Crippen LogP contribution in [0.4, 0.5) is 5.69 Å². The summed E-state index contributed by atoms with van der Waals surface area (Å²) >= 11 is 0. The fourth-order valence-electron chi connectivity index (χ4n) is 4.29. The summed E-state index contributed by atoms with van der Waals surface area (Å²) in [6.45, 7) is 3.81. The van der Waals surface area contributed by atoms with Gasteiger partial charge in [-0.05, 0) is 42.7 Å². The van der Waals surface area contributed by atoms with Crippen molar-refractivity contribution in [2.75, 3.05) is 31.6 Å². The van der Waals surface area contributed by atoms with E-state index in [1.165, 1.54) is 37.3 Å². The lowest BCUT2D eigenvalue weighted by molar-refractivity contribution is -0.140. The van der Waals surface area contributed by atoms with E-state index in [0.717, 1.165) is 16.3 Å². The molecule has 10 heteroatoms. The minimum absolute atomic E-state index is 0.00927. The minimum atomic E-state index is -4.23. The predicted octanol–water partition coefficient (Wildman–Crippen LogP) is 4.23. The molecule has 0 bridgehead atoms. The normalized spacial score (nSPS) is 11.8. The summed E-state index contributed by atoms with van der Waals surface area (Å²) in [5.41, 5.74) is 0.955. The molecule has 1 N–H and O–H groups in total. The molecule has 0 aliphatic rings. The van der Waals surface area contributed by atoms with Crippen molar-refractivity contribution in [2.24, 2.45) is 0 Å². The van der Waals surface area contributed by atoms with Gasteiger partial charge in [-0.1, -0.05) is 62.4 Å². The Morgan fingerprint density at radius 2 is 1.55 bits per heavy atom. The van der Waals surface area contributed by atoms with Gasteiger partial charge in [0.15, 0.2) is 0 Å². The van der Waals surface area contributed by atoms with Gasteiger partial charge in [0.1, 0.15) is 24.1 Å². The first-order valence-corrected chi connectivity index (χ1v) is 14.6. The number of amides is 2. The Morgan fingerprint density at radius 1 is 0.900 bits per heavy atom. The summed E-state index contributed by atoms with van der Waals surface area (Å²) in [5.74, 6) is -0.185. The van der Waals surface area contributed by atoms with Gasteiger partial charge in [0, 0.05) is 19.2 Å². The number of benzene rings is 3. The SMILES string of the molecule is CCCNC(=O)[C@H](CC)N(Cc1ccccc1)C(=O)CN(c1cc(OC)ccc1OC)S(=O)(=O)c1ccccc1. The van der Waals surface area contributed by atoms with Crippen LogP contribution in [0.1, 0.15) is 32.3 Å². The minimum Gasteiger partial charge on any atom is -0.497 e. The highest BCUT2D eigenvalue weighted by Gasteiger charge is 2.34. The molecule has 0 aliphatic carbocycles. The molecule has 0 aliphatic heterocycles. The molecule has 0 saturated heterocycles. The van der Waals surface area contributed by atoms with Gasteiger partial charge in [-0.15, -0.1) is 0 Å². The highest BCUT2D eigenvalue weighted by Crippen LogP contribution is 2.36. The molecular weight excluding hydrogens is 530 g/mol. The molecule has 2 amide bonds. The lowest BCUT2D eigenvalue weighted by Gasteiger charge is -2.33. The van der Waals surface area contributed by atoms with E-state index in [4.69, 9.17) is 9.47 Å². The van der Waals surface area contributed by atoms with Gasteiger partial charge in [0.05, 0.1) is 24.8 Å². The molecule has 214 valence electrons. The maximum Gasteiger partial charge on any atom is 0.264 e. The summed E-state index contributed by atoms with van der Waals surface area (Å²) in [6, 6.07) is 21.1. The van der Waals surface area contributed by atoms with E-state index >= 15 is 0 Å². The largest absolute Gasteiger partial charge is 0.497 e. The molecular formula is C30H37N3O6S. The Morgan fingerprint density at radius 3 is 2.12 bits per heavy atom. The molecule has 3 aromatic carbocycles. The second-order valence-electron chi connectivity index (χ2n) is 9.08. The zero-order valence-corrected chi connectivity index (χ0v) is 24.2. The lowest BCUT2D eigenvalue weighted by atomic mass is 10.1. The average Bonchev–Trinajstić information content (AvgIpc) is 2.99. The standard InChI is InChI=1S/C30H37N3O6S/c1-5-19-31-30(35)26(6-2)32(21-23-13-9-7-10-14-23)29(34)22-33(40(36,37)25-15-11-8-12-16-25)27-20-24(38-3)17-18-28(27)39-4/h7-18,20,26H,5-6,19,21-22H2,1-4H3,(H,31,35)/t26-/m0/s1. The molecule has 0 unspecified atom stereocenters. The maximum atomic E-state index is 14.1. The van der Waals surface area contributed by atoms with Gasteiger partial charge in [-0.2, -0.15) is 0 Å². The van der Waals surface area contributed by atoms with Crippen molar-refractivity contribution in [1.29, 1.82) is 0 Å². The van der Waals surface area contributed by atoms with Gasteiger partial charge < -0.3 is 19.7 Å². The molecule has 0 radical (unpaired) electrons. The molecule has 40 heavy (non-hydrogen) atoms. The summed E-state index contributed by atoms with van der Waals surface area (Å²) in [7, 11) is -1.34. The van der Waals surface area contributed by atoms with E-state index in [1.54, 1.807) is 30.3 Å². The van der Waals surface area contributed by atoms with Gasteiger partial charge in [0.2, 0.25) is 11.8 Å². The first-order chi connectivity index (χ1) is 19.3. The second kappa shape index (κ2) is 14.4. The van der Waals surface area contributed by atoms with Crippen molar-refractivity contribution in [3.8, 4) is 11.5 Å². The molecule has 3 rings (SSSR count). The van der Waals surface area contributed by atoms with E-state index in [9.17, 15) is 18.0 Å². The monoisotopic (exact) mass is 567 g/mol. The van der Waals surface area contributed by atoms with Crippen molar-refractivity contribution >= 4 is 27.5 Å². The maximum absolute atomic E-state index is 14.1. The zero-order chi connectivity index (χ0) is 29.1. The van der Waals surface area contributed by atoms with Crippen LogP contribution in [0.25, 0.3) is 0 Å². The number of hydrogen-bond donors (Lipinski definition) is 1. The fourth-order valence-corrected chi connectivity index (χ4v) is 5.73. The molecule has 1 atom stereocenters. The van der Waals surface area contributed by atoms with Gasteiger partial charge in [0.25, 0.3) is 10.0 Å². The Kier molecular flexibility index (Phi) is 11.0.